The smallest absolute Gasteiger partial charge is 0.227 e. The maximum absolute atomic E-state index is 6.85. The van der Waals surface area contributed by atoms with Crippen LogP contribution in [0.3, 0.4) is 0 Å². The first-order valence-electron chi connectivity index (χ1n) is 19.9. The molecule has 0 atom stereocenters. The zero-order chi connectivity index (χ0) is 39.2. The van der Waals surface area contributed by atoms with E-state index in [4.69, 9.17) is 28.8 Å². The predicted octanol–water partition coefficient (Wildman–Crippen LogP) is 13.7. The van der Waals surface area contributed by atoms with Crippen molar-refractivity contribution >= 4 is 43.8 Å². The lowest BCUT2D eigenvalue weighted by molar-refractivity contribution is 0.623. The third-order valence-electron chi connectivity index (χ3n) is 12.0. The molecule has 59 heavy (non-hydrogen) atoms. The van der Waals surface area contributed by atoms with Crippen LogP contribution in [0.5, 0.6) is 0 Å². The fraction of sp³-hybridized carbons (Fsp3) is 0.0566. The molecule has 0 fully saturated rings. The van der Waals surface area contributed by atoms with Gasteiger partial charge in [-0.15, -0.1) is 0 Å². The molecule has 0 amide bonds. The Hall–Kier alpha value is -7.70. The van der Waals surface area contributed by atoms with Crippen LogP contribution in [0.1, 0.15) is 25.0 Å². The normalized spacial score (nSPS) is 13.1. The first-order valence-corrected chi connectivity index (χ1v) is 19.9. The van der Waals surface area contributed by atoms with E-state index in [-0.39, 0.29) is 5.41 Å². The lowest BCUT2D eigenvalue weighted by Crippen LogP contribution is -2.14. The van der Waals surface area contributed by atoms with Crippen LogP contribution in [0.15, 0.2) is 179 Å². The van der Waals surface area contributed by atoms with Crippen LogP contribution in [-0.4, -0.2) is 19.9 Å². The highest BCUT2D eigenvalue weighted by atomic mass is 16.3. The molecule has 8 aromatic carbocycles. The van der Waals surface area contributed by atoms with Gasteiger partial charge in [0.1, 0.15) is 16.7 Å². The quantitative estimate of drug-likeness (QED) is 0.174. The first-order chi connectivity index (χ1) is 29.0. The number of hydrogen-bond donors (Lipinski definition) is 0. The average molecular weight is 759 g/mol. The standard InChI is InChI=1S/C53H34N4O2/c1-53(2)41-22-11-9-19-35(41)40-30-34(24-28-42(40)53)50-55-49(32-14-5-3-6-15-32)56-51(57-50)39-27-26-37(47-46(39)38-20-10-12-23-44(38)58-47)36-21-13-18-31-25-29-43-48(45(31)36)59-52(54-43)33-16-7-4-8-17-33/h3-30H,1-2H3. The molecule has 1 aliphatic carbocycles. The minimum Gasteiger partial charge on any atom is -0.455 e. The lowest BCUT2D eigenvalue weighted by Gasteiger charge is -2.21. The second kappa shape index (κ2) is 12.7. The van der Waals surface area contributed by atoms with Crippen LogP contribution in [0.4, 0.5) is 0 Å². The van der Waals surface area contributed by atoms with Crippen LogP contribution in [0.2, 0.25) is 0 Å². The highest BCUT2D eigenvalue weighted by Crippen LogP contribution is 2.50. The van der Waals surface area contributed by atoms with Gasteiger partial charge < -0.3 is 8.83 Å². The van der Waals surface area contributed by atoms with Crippen molar-refractivity contribution in [2.45, 2.75) is 19.3 Å². The SMILES string of the molecule is CC1(C)c2ccccc2-c2cc(-c3nc(-c4ccccc4)nc(-c4ccc(-c5cccc6ccc7nc(-c8ccccc8)oc7c56)c5oc6ccccc6c45)n3)ccc21. The summed E-state index contributed by atoms with van der Waals surface area (Å²) >= 11 is 0. The molecule has 1 aliphatic rings. The minimum absolute atomic E-state index is 0.104. The largest absolute Gasteiger partial charge is 0.455 e. The maximum Gasteiger partial charge on any atom is 0.227 e. The third-order valence-corrected chi connectivity index (χ3v) is 12.0. The van der Waals surface area contributed by atoms with Crippen molar-refractivity contribution in [1.29, 1.82) is 0 Å². The zero-order valence-electron chi connectivity index (χ0n) is 32.3. The Balaban J connectivity index is 1.09. The van der Waals surface area contributed by atoms with Gasteiger partial charge in [-0.05, 0) is 75.7 Å². The molecular formula is C53H34N4O2. The summed E-state index contributed by atoms with van der Waals surface area (Å²) in [5, 5.41) is 3.94. The Kier molecular flexibility index (Phi) is 7.17. The van der Waals surface area contributed by atoms with Gasteiger partial charge in [-0.3, -0.25) is 0 Å². The number of hydrogen-bond acceptors (Lipinski definition) is 6. The number of fused-ring (bicyclic) bond motifs is 9. The molecule has 11 aromatic rings. The number of benzene rings is 8. The number of para-hydroxylation sites is 1. The Morgan fingerprint density at radius 3 is 1.93 bits per heavy atom. The van der Waals surface area contributed by atoms with Gasteiger partial charge in [0.2, 0.25) is 5.89 Å². The monoisotopic (exact) mass is 758 g/mol. The number of rotatable bonds is 5. The van der Waals surface area contributed by atoms with E-state index >= 15 is 0 Å². The number of furan rings is 1. The Morgan fingerprint density at radius 2 is 1.08 bits per heavy atom. The van der Waals surface area contributed by atoms with Gasteiger partial charge in [-0.2, -0.15) is 0 Å². The van der Waals surface area contributed by atoms with Crippen LogP contribution < -0.4 is 0 Å². The molecule has 0 radical (unpaired) electrons. The summed E-state index contributed by atoms with van der Waals surface area (Å²) in [6, 6.07) is 58.4. The van der Waals surface area contributed by atoms with Gasteiger partial charge in [0.05, 0.1) is 0 Å². The van der Waals surface area contributed by atoms with Crippen molar-refractivity contribution in [2.75, 3.05) is 0 Å². The summed E-state index contributed by atoms with van der Waals surface area (Å²) in [7, 11) is 0. The second-order valence-corrected chi connectivity index (χ2v) is 15.8. The molecule has 0 saturated carbocycles. The fourth-order valence-electron chi connectivity index (χ4n) is 9.11. The van der Waals surface area contributed by atoms with Gasteiger partial charge in [0.15, 0.2) is 23.1 Å². The van der Waals surface area contributed by atoms with Crippen molar-refractivity contribution in [2.24, 2.45) is 0 Å². The molecule has 0 spiro atoms. The summed E-state index contributed by atoms with van der Waals surface area (Å²) in [5.74, 6) is 2.37. The Labute approximate surface area is 339 Å². The highest BCUT2D eigenvalue weighted by Gasteiger charge is 2.35. The van der Waals surface area contributed by atoms with E-state index in [0.29, 0.717) is 23.4 Å². The van der Waals surface area contributed by atoms with Crippen molar-refractivity contribution in [3.63, 3.8) is 0 Å². The van der Waals surface area contributed by atoms with Gasteiger partial charge >= 0.3 is 0 Å². The molecule has 278 valence electrons. The van der Waals surface area contributed by atoms with E-state index in [1.165, 1.54) is 22.3 Å². The summed E-state index contributed by atoms with van der Waals surface area (Å²) < 4.78 is 13.4. The van der Waals surface area contributed by atoms with E-state index in [9.17, 15) is 0 Å². The summed E-state index contributed by atoms with van der Waals surface area (Å²) in [5.41, 5.74) is 13.6. The predicted molar refractivity (Wildman–Crippen MR) is 237 cm³/mol. The lowest BCUT2D eigenvalue weighted by atomic mass is 9.82. The third kappa shape index (κ3) is 5.13. The van der Waals surface area contributed by atoms with Crippen LogP contribution >= 0.6 is 0 Å². The molecular weight excluding hydrogens is 725 g/mol. The van der Waals surface area contributed by atoms with E-state index < -0.39 is 0 Å². The van der Waals surface area contributed by atoms with Crippen LogP contribution in [0, 0.1) is 0 Å². The van der Waals surface area contributed by atoms with Crippen molar-refractivity contribution in [1.82, 2.24) is 19.9 Å². The molecule has 0 saturated heterocycles. The molecule has 12 rings (SSSR count). The summed E-state index contributed by atoms with van der Waals surface area (Å²) in [6.45, 7) is 4.59. The molecule has 0 bridgehead atoms. The Bertz CT molecular complexity index is 3470. The molecule has 3 heterocycles. The van der Waals surface area contributed by atoms with Gasteiger partial charge in [-0.25, -0.2) is 19.9 Å². The molecule has 3 aromatic heterocycles. The van der Waals surface area contributed by atoms with Crippen molar-refractivity contribution in [3.05, 3.63) is 181 Å². The average Bonchev–Trinajstić information content (AvgIpc) is 3.97. The van der Waals surface area contributed by atoms with E-state index in [0.717, 1.165) is 77.2 Å². The molecule has 0 N–H and O–H groups in total. The fourth-order valence-corrected chi connectivity index (χ4v) is 9.11. The van der Waals surface area contributed by atoms with Crippen LogP contribution in [0.25, 0.3) is 112 Å². The van der Waals surface area contributed by atoms with E-state index in [1.54, 1.807) is 0 Å². The van der Waals surface area contributed by atoms with Gasteiger partial charge in [0, 0.05) is 49.4 Å². The molecule has 6 nitrogen and oxygen atoms in total. The maximum atomic E-state index is 6.85. The van der Waals surface area contributed by atoms with Gasteiger partial charge in [0.25, 0.3) is 0 Å². The van der Waals surface area contributed by atoms with E-state index in [2.05, 4.69) is 98.8 Å². The van der Waals surface area contributed by atoms with Gasteiger partial charge in [-0.1, -0.05) is 141 Å². The molecule has 0 unspecified atom stereocenters. The Morgan fingerprint density at radius 1 is 0.407 bits per heavy atom. The first kappa shape index (κ1) is 33.4. The number of oxazole rings is 1. The summed E-state index contributed by atoms with van der Waals surface area (Å²) in [4.78, 5) is 20.5. The second-order valence-electron chi connectivity index (χ2n) is 15.8. The summed E-state index contributed by atoms with van der Waals surface area (Å²) in [6.07, 6.45) is 0. The topological polar surface area (TPSA) is 77.8 Å². The van der Waals surface area contributed by atoms with Crippen LogP contribution in [-0.2, 0) is 5.41 Å². The van der Waals surface area contributed by atoms with Crippen molar-refractivity contribution in [3.8, 4) is 67.9 Å². The highest BCUT2D eigenvalue weighted by molar-refractivity contribution is 6.19. The van der Waals surface area contributed by atoms with Crippen molar-refractivity contribution < 1.29 is 8.83 Å². The van der Waals surface area contributed by atoms with E-state index in [1.807, 2.05) is 84.9 Å². The number of aromatic nitrogens is 4. The number of nitrogens with zero attached hydrogens (tertiary/aromatic N) is 4. The molecule has 0 aliphatic heterocycles. The minimum atomic E-state index is -0.104. The zero-order valence-corrected chi connectivity index (χ0v) is 32.3. The molecule has 6 heteroatoms.